The summed E-state index contributed by atoms with van der Waals surface area (Å²) in [6, 6.07) is 0.492. The van der Waals surface area contributed by atoms with Crippen LogP contribution in [0.3, 0.4) is 0 Å². The van der Waals surface area contributed by atoms with Crippen molar-refractivity contribution in [2.45, 2.75) is 65.5 Å². The number of carbonyl (C=O) groups excluding carboxylic acids is 1. The maximum Gasteiger partial charge on any atom is 0.327 e. The highest BCUT2D eigenvalue weighted by Crippen LogP contribution is 2.41. The number of carbonyl (C=O) groups is 1. The standard InChI is InChI=1S/C16H32N2O2/c1-6-13(5)18(8-3)12-16(17-7-2,14-10-11-14)15(19)20-9-4/h13-14,17H,6-12H2,1-5H3. The van der Waals surface area contributed by atoms with E-state index in [4.69, 9.17) is 4.74 Å². The maximum atomic E-state index is 12.6. The Labute approximate surface area is 124 Å². The molecule has 1 fully saturated rings. The van der Waals surface area contributed by atoms with Gasteiger partial charge in [-0.15, -0.1) is 0 Å². The maximum absolute atomic E-state index is 12.6. The SMILES string of the molecule is CCNC(CN(CC)C(C)CC)(C(=O)OCC)C1CC1. The average Bonchev–Trinajstić information content (AvgIpc) is 3.27. The van der Waals surface area contributed by atoms with Crippen LogP contribution in [-0.2, 0) is 9.53 Å². The molecule has 4 nitrogen and oxygen atoms in total. The molecular weight excluding hydrogens is 252 g/mol. The quantitative estimate of drug-likeness (QED) is 0.626. The minimum absolute atomic E-state index is 0.0638. The van der Waals surface area contributed by atoms with E-state index >= 15 is 0 Å². The molecule has 118 valence electrons. The fraction of sp³-hybridized carbons (Fsp3) is 0.938. The van der Waals surface area contributed by atoms with Gasteiger partial charge in [-0.2, -0.15) is 0 Å². The molecule has 0 aromatic rings. The lowest BCUT2D eigenvalue weighted by atomic mass is 9.91. The number of nitrogens with one attached hydrogen (secondary N) is 1. The number of ether oxygens (including phenoxy) is 1. The molecule has 0 saturated heterocycles. The van der Waals surface area contributed by atoms with Gasteiger partial charge in [0.05, 0.1) is 6.61 Å². The fourth-order valence-electron chi connectivity index (χ4n) is 2.94. The van der Waals surface area contributed by atoms with Crippen LogP contribution in [0.25, 0.3) is 0 Å². The monoisotopic (exact) mass is 284 g/mol. The second kappa shape index (κ2) is 7.99. The highest BCUT2D eigenvalue weighted by Gasteiger charge is 2.52. The third-order valence-electron chi connectivity index (χ3n) is 4.48. The molecule has 0 heterocycles. The lowest BCUT2D eigenvalue weighted by Crippen LogP contribution is -2.62. The molecule has 0 aliphatic heterocycles. The Morgan fingerprint density at radius 2 is 2.00 bits per heavy atom. The van der Waals surface area contributed by atoms with Gasteiger partial charge in [0.1, 0.15) is 5.54 Å². The van der Waals surface area contributed by atoms with Crippen LogP contribution >= 0.6 is 0 Å². The van der Waals surface area contributed by atoms with E-state index in [9.17, 15) is 4.79 Å². The van der Waals surface area contributed by atoms with Crippen LogP contribution in [0.15, 0.2) is 0 Å². The van der Waals surface area contributed by atoms with Crippen molar-refractivity contribution < 1.29 is 9.53 Å². The molecule has 1 N–H and O–H groups in total. The van der Waals surface area contributed by atoms with E-state index in [-0.39, 0.29) is 5.97 Å². The van der Waals surface area contributed by atoms with Crippen LogP contribution in [0.5, 0.6) is 0 Å². The highest BCUT2D eigenvalue weighted by atomic mass is 16.5. The first kappa shape index (κ1) is 17.4. The summed E-state index contributed by atoms with van der Waals surface area (Å²) in [5.74, 6) is 0.366. The number of nitrogens with zero attached hydrogens (tertiary/aromatic N) is 1. The van der Waals surface area contributed by atoms with Crippen molar-refractivity contribution in [3.63, 3.8) is 0 Å². The minimum Gasteiger partial charge on any atom is -0.465 e. The van der Waals surface area contributed by atoms with Crippen molar-refractivity contribution in [1.82, 2.24) is 10.2 Å². The van der Waals surface area contributed by atoms with Gasteiger partial charge in [0.25, 0.3) is 0 Å². The summed E-state index contributed by atoms with van der Waals surface area (Å²) < 4.78 is 5.39. The zero-order chi connectivity index (χ0) is 15.2. The summed E-state index contributed by atoms with van der Waals surface area (Å²) in [7, 11) is 0. The Balaban J connectivity index is 2.92. The molecule has 0 spiro atoms. The predicted octanol–water partition coefficient (Wildman–Crippen LogP) is 2.43. The molecule has 1 saturated carbocycles. The van der Waals surface area contributed by atoms with E-state index in [1.165, 1.54) is 0 Å². The van der Waals surface area contributed by atoms with Gasteiger partial charge in [-0.25, -0.2) is 4.79 Å². The van der Waals surface area contributed by atoms with Crippen LogP contribution in [0.4, 0.5) is 0 Å². The number of rotatable bonds is 10. The first-order valence-corrected chi connectivity index (χ1v) is 8.21. The van der Waals surface area contributed by atoms with E-state index in [1.807, 2.05) is 6.92 Å². The van der Waals surface area contributed by atoms with E-state index in [0.717, 1.165) is 38.9 Å². The van der Waals surface area contributed by atoms with Gasteiger partial charge in [0.15, 0.2) is 0 Å². The Bertz CT molecular complexity index is 305. The normalized spacial score (nSPS) is 19.7. The molecule has 1 aliphatic carbocycles. The molecule has 1 aliphatic rings. The Hall–Kier alpha value is -0.610. The van der Waals surface area contributed by atoms with Crippen LogP contribution < -0.4 is 5.32 Å². The summed E-state index contributed by atoms with van der Waals surface area (Å²) in [5, 5.41) is 3.47. The molecule has 20 heavy (non-hydrogen) atoms. The fourth-order valence-corrected chi connectivity index (χ4v) is 2.94. The van der Waals surface area contributed by atoms with E-state index in [1.54, 1.807) is 0 Å². The summed E-state index contributed by atoms with van der Waals surface area (Å²) in [6.07, 6.45) is 3.36. The first-order chi connectivity index (χ1) is 9.55. The molecule has 0 aromatic heterocycles. The van der Waals surface area contributed by atoms with Crippen molar-refractivity contribution in [3.05, 3.63) is 0 Å². The van der Waals surface area contributed by atoms with Gasteiger partial charge in [0.2, 0.25) is 0 Å². The van der Waals surface area contributed by atoms with Gasteiger partial charge in [-0.3, -0.25) is 4.90 Å². The highest BCUT2D eigenvalue weighted by molar-refractivity contribution is 5.82. The molecular formula is C16H32N2O2. The molecule has 1 rings (SSSR count). The summed E-state index contributed by atoms with van der Waals surface area (Å²) in [6.45, 7) is 13.5. The number of esters is 1. The molecule has 0 bridgehead atoms. The van der Waals surface area contributed by atoms with E-state index < -0.39 is 5.54 Å². The second-order valence-corrected chi connectivity index (χ2v) is 5.82. The summed E-state index contributed by atoms with van der Waals surface area (Å²) in [4.78, 5) is 15.0. The first-order valence-electron chi connectivity index (χ1n) is 8.21. The number of hydrogen-bond donors (Lipinski definition) is 1. The van der Waals surface area contributed by atoms with Crippen molar-refractivity contribution in [1.29, 1.82) is 0 Å². The summed E-state index contributed by atoms with van der Waals surface area (Å²) in [5.41, 5.74) is -0.510. The largest absolute Gasteiger partial charge is 0.465 e. The van der Waals surface area contributed by atoms with Crippen LogP contribution in [0.1, 0.15) is 53.9 Å². The van der Waals surface area contributed by atoms with Gasteiger partial charge < -0.3 is 10.1 Å². The van der Waals surface area contributed by atoms with Crippen molar-refractivity contribution >= 4 is 5.97 Å². The molecule has 2 atom stereocenters. The van der Waals surface area contributed by atoms with Gasteiger partial charge in [-0.1, -0.05) is 20.8 Å². The second-order valence-electron chi connectivity index (χ2n) is 5.82. The Kier molecular flexibility index (Phi) is 6.96. The van der Waals surface area contributed by atoms with Gasteiger partial charge >= 0.3 is 5.97 Å². The molecule has 0 aromatic carbocycles. The molecule has 0 amide bonds. The predicted molar refractivity (Wildman–Crippen MR) is 82.8 cm³/mol. The average molecular weight is 284 g/mol. The van der Waals surface area contributed by atoms with E-state index in [0.29, 0.717) is 18.6 Å². The van der Waals surface area contributed by atoms with Gasteiger partial charge in [0, 0.05) is 12.6 Å². The van der Waals surface area contributed by atoms with Crippen LogP contribution in [0, 0.1) is 5.92 Å². The zero-order valence-corrected chi connectivity index (χ0v) is 13.9. The Morgan fingerprint density at radius 1 is 1.35 bits per heavy atom. The summed E-state index contributed by atoms with van der Waals surface area (Å²) >= 11 is 0. The van der Waals surface area contributed by atoms with Crippen molar-refractivity contribution in [2.24, 2.45) is 5.92 Å². The third-order valence-corrected chi connectivity index (χ3v) is 4.48. The topological polar surface area (TPSA) is 41.6 Å². The van der Waals surface area contributed by atoms with Crippen LogP contribution in [0.2, 0.25) is 0 Å². The Morgan fingerprint density at radius 3 is 2.40 bits per heavy atom. The van der Waals surface area contributed by atoms with Crippen molar-refractivity contribution in [2.75, 3.05) is 26.2 Å². The van der Waals surface area contributed by atoms with E-state index in [2.05, 4.69) is 37.9 Å². The van der Waals surface area contributed by atoms with Gasteiger partial charge in [-0.05, 0) is 52.1 Å². The zero-order valence-electron chi connectivity index (χ0n) is 13.9. The lowest BCUT2D eigenvalue weighted by Gasteiger charge is -2.39. The number of hydrogen-bond acceptors (Lipinski definition) is 4. The molecule has 0 radical (unpaired) electrons. The third kappa shape index (κ3) is 3.95. The smallest absolute Gasteiger partial charge is 0.327 e. The van der Waals surface area contributed by atoms with Crippen molar-refractivity contribution in [3.8, 4) is 0 Å². The molecule has 2 unspecified atom stereocenters. The minimum atomic E-state index is -0.510. The van der Waals surface area contributed by atoms with Crippen LogP contribution in [-0.4, -0.2) is 48.7 Å². The number of likely N-dealkylation sites (N-methyl/N-ethyl adjacent to an activating group) is 2. The lowest BCUT2D eigenvalue weighted by molar-refractivity contribution is -0.153. The molecule has 4 heteroatoms.